The van der Waals surface area contributed by atoms with E-state index in [0.29, 0.717) is 13.1 Å². The minimum Gasteiger partial charge on any atom is -0.497 e. The van der Waals surface area contributed by atoms with Gasteiger partial charge in [0.2, 0.25) is 0 Å². The maximum absolute atomic E-state index is 13.2. The fourth-order valence-corrected chi connectivity index (χ4v) is 3.85. The fourth-order valence-electron chi connectivity index (χ4n) is 3.85. The number of methoxy groups -OCH3 is 1. The summed E-state index contributed by atoms with van der Waals surface area (Å²) in [5.74, 6) is 0.144. The highest BCUT2D eigenvalue weighted by Crippen LogP contribution is 2.47. The second kappa shape index (κ2) is 6.77. The van der Waals surface area contributed by atoms with E-state index in [2.05, 4.69) is 5.32 Å². The Balaban J connectivity index is 1.65. The summed E-state index contributed by atoms with van der Waals surface area (Å²) in [6.07, 6.45) is 1.12. The van der Waals surface area contributed by atoms with Gasteiger partial charge in [-0.15, -0.1) is 0 Å². The van der Waals surface area contributed by atoms with E-state index in [1.165, 1.54) is 25.7 Å². The largest absolute Gasteiger partial charge is 0.497 e. The molecule has 1 aromatic rings. The van der Waals surface area contributed by atoms with Gasteiger partial charge in [0.05, 0.1) is 12.7 Å². The van der Waals surface area contributed by atoms with Crippen LogP contribution in [0.2, 0.25) is 0 Å². The van der Waals surface area contributed by atoms with E-state index in [0.717, 1.165) is 31.7 Å². The number of carbonyl (C=O) groups is 1. The van der Waals surface area contributed by atoms with Crippen molar-refractivity contribution in [3.8, 4) is 5.75 Å². The van der Waals surface area contributed by atoms with Gasteiger partial charge in [0.15, 0.2) is 0 Å². The molecule has 1 heterocycles. The van der Waals surface area contributed by atoms with Crippen LogP contribution in [0.1, 0.15) is 43.2 Å². The molecule has 0 unspecified atom stereocenters. The number of hydrogen-bond donors (Lipinski definition) is 1. The Morgan fingerprint density at radius 1 is 1.28 bits per heavy atom. The molecular formula is C18H23F3N2O2. The fraction of sp³-hybridized carbons (Fsp3) is 0.611. The molecule has 25 heavy (non-hydrogen) atoms. The number of nitrogens with one attached hydrogen (secondary N) is 1. The van der Waals surface area contributed by atoms with Gasteiger partial charge in [-0.1, -0.05) is 12.5 Å². The number of hydrogen-bond acceptors (Lipinski definition) is 2. The van der Waals surface area contributed by atoms with Crippen LogP contribution < -0.4 is 10.1 Å². The number of amides is 2. The lowest BCUT2D eigenvalue weighted by molar-refractivity contribution is -0.138. The van der Waals surface area contributed by atoms with Crippen molar-refractivity contribution in [2.75, 3.05) is 20.2 Å². The highest BCUT2D eigenvalue weighted by atomic mass is 19.4. The quantitative estimate of drug-likeness (QED) is 0.882. The molecule has 1 aliphatic carbocycles. The molecule has 0 aromatic heterocycles. The maximum Gasteiger partial charge on any atom is 0.416 e. The van der Waals surface area contributed by atoms with Crippen LogP contribution in [0.5, 0.6) is 5.75 Å². The van der Waals surface area contributed by atoms with Gasteiger partial charge in [-0.05, 0) is 48.8 Å². The number of benzene rings is 1. The Bertz CT molecular complexity index is 642. The molecule has 4 nitrogen and oxygen atoms in total. The molecule has 1 saturated heterocycles. The standard InChI is InChI=1S/C18H23F3N2O2/c1-25-14-5-4-13(15(10-14)18(19,20)21)11-22-16(24)23-9-3-8-17(12-23)6-2-7-17/h4-5,10H,2-3,6-9,11-12H2,1H3,(H,22,24). The highest BCUT2D eigenvalue weighted by Gasteiger charge is 2.41. The van der Waals surface area contributed by atoms with Crippen molar-refractivity contribution in [1.82, 2.24) is 10.2 Å². The molecule has 2 aliphatic rings. The average Bonchev–Trinajstić information content (AvgIpc) is 2.57. The van der Waals surface area contributed by atoms with Gasteiger partial charge in [0, 0.05) is 19.6 Å². The van der Waals surface area contributed by atoms with Crippen LogP contribution in [0.3, 0.4) is 0 Å². The van der Waals surface area contributed by atoms with Crippen molar-refractivity contribution < 1.29 is 22.7 Å². The molecule has 1 spiro atoms. The van der Waals surface area contributed by atoms with E-state index < -0.39 is 11.7 Å². The van der Waals surface area contributed by atoms with E-state index in [-0.39, 0.29) is 29.3 Å². The molecule has 1 aromatic carbocycles. The maximum atomic E-state index is 13.2. The Labute approximate surface area is 145 Å². The number of urea groups is 1. The van der Waals surface area contributed by atoms with Gasteiger partial charge < -0.3 is 15.0 Å². The van der Waals surface area contributed by atoms with Crippen molar-refractivity contribution in [2.24, 2.45) is 5.41 Å². The lowest BCUT2D eigenvalue weighted by Crippen LogP contribution is -2.52. The van der Waals surface area contributed by atoms with Crippen LogP contribution in [-0.2, 0) is 12.7 Å². The third-order valence-corrected chi connectivity index (χ3v) is 5.42. The molecule has 3 rings (SSSR count). The molecule has 2 fully saturated rings. The van der Waals surface area contributed by atoms with Crippen molar-refractivity contribution in [2.45, 2.75) is 44.8 Å². The minimum absolute atomic E-state index is 0.0389. The van der Waals surface area contributed by atoms with Crippen molar-refractivity contribution >= 4 is 6.03 Å². The number of nitrogens with zero attached hydrogens (tertiary/aromatic N) is 1. The SMILES string of the molecule is COc1ccc(CNC(=O)N2CCCC3(CCC3)C2)c(C(F)(F)F)c1. The summed E-state index contributed by atoms with van der Waals surface area (Å²) in [5.41, 5.74) is -0.481. The van der Waals surface area contributed by atoms with E-state index in [4.69, 9.17) is 4.74 Å². The van der Waals surface area contributed by atoms with Crippen molar-refractivity contribution in [3.63, 3.8) is 0 Å². The predicted octanol–water partition coefficient (Wildman–Crippen LogP) is 4.19. The molecule has 0 bridgehead atoms. The van der Waals surface area contributed by atoms with Gasteiger partial charge >= 0.3 is 12.2 Å². The van der Waals surface area contributed by atoms with Gasteiger partial charge in [-0.3, -0.25) is 0 Å². The number of halogens is 3. The molecule has 0 radical (unpaired) electrons. The van der Waals surface area contributed by atoms with Gasteiger partial charge in [0.25, 0.3) is 0 Å². The van der Waals surface area contributed by atoms with Crippen LogP contribution in [0.15, 0.2) is 18.2 Å². The Kier molecular flexibility index (Phi) is 4.84. The second-order valence-corrected chi connectivity index (χ2v) is 7.06. The van der Waals surface area contributed by atoms with Crippen LogP contribution in [0, 0.1) is 5.41 Å². The molecule has 7 heteroatoms. The number of ether oxygens (including phenoxy) is 1. The third-order valence-electron chi connectivity index (χ3n) is 5.42. The third kappa shape index (κ3) is 3.85. The molecule has 2 amide bonds. The molecule has 1 aliphatic heterocycles. The zero-order chi connectivity index (χ0) is 18.1. The molecular weight excluding hydrogens is 333 g/mol. The minimum atomic E-state index is -4.49. The highest BCUT2D eigenvalue weighted by molar-refractivity contribution is 5.74. The number of likely N-dealkylation sites (tertiary alicyclic amines) is 1. The summed E-state index contributed by atoms with van der Waals surface area (Å²) in [4.78, 5) is 14.1. The second-order valence-electron chi connectivity index (χ2n) is 7.06. The van der Waals surface area contributed by atoms with E-state index in [1.54, 1.807) is 4.90 Å². The van der Waals surface area contributed by atoms with Crippen LogP contribution in [0.4, 0.5) is 18.0 Å². The summed E-state index contributed by atoms with van der Waals surface area (Å²) >= 11 is 0. The zero-order valence-electron chi connectivity index (χ0n) is 14.3. The van der Waals surface area contributed by atoms with Gasteiger partial charge in [-0.2, -0.15) is 13.2 Å². The molecule has 0 atom stereocenters. The molecule has 138 valence electrons. The smallest absolute Gasteiger partial charge is 0.416 e. The number of rotatable bonds is 3. The normalized spacial score (nSPS) is 19.4. The van der Waals surface area contributed by atoms with E-state index in [1.807, 2.05) is 0 Å². The first-order chi connectivity index (χ1) is 11.8. The molecule has 1 saturated carbocycles. The average molecular weight is 356 g/mol. The first-order valence-corrected chi connectivity index (χ1v) is 8.60. The Morgan fingerprint density at radius 2 is 2.00 bits per heavy atom. The van der Waals surface area contributed by atoms with Crippen molar-refractivity contribution in [3.05, 3.63) is 29.3 Å². The van der Waals surface area contributed by atoms with Gasteiger partial charge in [0.1, 0.15) is 5.75 Å². The van der Waals surface area contributed by atoms with Crippen LogP contribution in [0.25, 0.3) is 0 Å². The lowest BCUT2D eigenvalue weighted by Gasteiger charge is -2.48. The summed E-state index contributed by atoms with van der Waals surface area (Å²) < 4.78 is 44.5. The molecule has 1 N–H and O–H groups in total. The first kappa shape index (κ1) is 17.9. The summed E-state index contributed by atoms with van der Waals surface area (Å²) in [7, 11) is 1.32. The zero-order valence-corrected chi connectivity index (χ0v) is 14.3. The van der Waals surface area contributed by atoms with Gasteiger partial charge in [-0.25, -0.2) is 4.79 Å². The van der Waals surface area contributed by atoms with Crippen molar-refractivity contribution in [1.29, 1.82) is 0 Å². The first-order valence-electron chi connectivity index (χ1n) is 8.60. The van der Waals surface area contributed by atoms with Crippen LogP contribution in [-0.4, -0.2) is 31.1 Å². The number of piperidine rings is 1. The van der Waals surface area contributed by atoms with Crippen LogP contribution >= 0.6 is 0 Å². The number of alkyl halides is 3. The topological polar surface area (TPSA) is 41.6 Å². The summed E-state index contributed by atoms with van der Waals surface area (Å²) in [6.45, 7) is 1.23. The summed E-state index contributed by atoms with van der Waals surface area (Å²) in [5, 5.41) is 2.65. The monoisotopic (exact) mass is 356 g/mol. The number of carbonyl (C=O) groups excluding carboxylic acids is 1. The predicted molar refractivity (Wildman–Crippen MR) is 87.3 cm³/mol. The van der Waals surface area contributed by atoms with E-state index in [9.17, 15) is 18.0 Å². The Hall–Kier alpha value is -1.92. The lowest BCUT2D eigenvalue weighted by atomic mass is 9.64. The summed E-state index contributed by atoms with van der Waals surface area (Å²) in [6, 6.07) is 3.51. The Morgan fingerprint density at radius 3 is 2.60 bits per heavy atom. The van der Waals surface area contributed by atoms with E-state index >= 15 is 0 Å².